The van der Waals surface area contributed by atoms with Crippen molar-refractivity contribution in [3.63, 3.8) is 0 Å². The molecule has 1 amide bonds. The molecule has 1 aliphatic rings. The van der Waals surface area contributed by atoms with Crippen LogP contribution in [-0.2, 0) is 0 Å². The van der Waals surface area contributed by atoms with Crippen molar-refractivity contribution >= 4 is 41.6 Å². The van der Waals surface area contributed by atoms with Crippen molar-refractivity contribution in [3.8, 4) is 0 Å². The van der Waals surface area contributed by atoms with Crippen molar-refractivity contribution in [3.05, 3.63) is 41.6 Å². The van der Waals surface area contributed by atoms with Crippen LogP contribution in [0.2, 0.25) is 0 Å². The number of benzene rings is 1. The van der Waals surface area contributed by atoms with Gasteiger partial charge < -0.3 is 10.6 Å². The Morgan fingerprint density at radius 1 is 1.30 bits per heavy atom. The second-order valence-corrected chi connectivity index (χ2v) is 5.88. The first-order valence-electron chi connectivity index (χ1n) is 7.53. The number of halogens is 2. The van der Waals surface area contributed by atoms with E-state index >= 15 is 0 Å². The van der Waals surface area contributed by atoms with Crippen LogP contribution >= 0.6 is 24.8 Å². The molecular weight excluding hydrogens is 333 g/mol. The predicted octanol–water partition coefficient (Wildman–Crippen LogP) is 3.11. The van der Waals surface area contributed by atoms with Gasteiger partial charge in [-0.15, -0.1) is 24.8 Å². The van der Waals surface area contributed by atoms with Crippen LogP contribution in [0.15, 0.2) is 30.3 Å². The first-order valence-corrected chi connectivity index (χ1v) is 7.53. The molecule has 2 heterocycles. The van der Waals surface area contributed by atoms with Crippen molar-refractivity contribution in [1.82, 2.24) is 15.6 Å². The Morgan fingerprint density at radius 3 is 2.78 bits per heavy atom. The summed E-state index contributed by atoms with van der Waals surface area (Å²) >= 11 is 0. The number of nitrogens with one attached hydrogen (secondary N) is 2. The lowest BCUT2D eigenvalue weighted by molar-refractivity contribution is 0.0916. The van der Waals surface area contributed by atoms with Gasteiger partial charge in [0.1, 0.15) is 0 Å². The number of fused-ring (bicyclic) bond motifs is 1. The van der Waals surface area contributed by atoms with Crippen LogP contribution in [0, 0.1) is 12.8 Å². The molecule has 2 aromatic rings. The molecule has 1 saturated heterocycles. The van der Waals surface area contributed by atoms with Gasteiger partial charge in [0.15, 0.2) is 0 Å². The average molecular weight is 356 g/mol. The van der Waals surface area contributed by atoms with Crippen molar-refractivity contribution in [2.75, 3.05) is 13.1 Å². The molecule has 1 fully saturated rings. The molecule has 23 heavy (non-hydrogen) atoms. The van der Waals surface area contributed by atoms with Crippen LogP contribution in [0.25, 0.3) is 10.9 Å². The van der Waals surface area contributed by atoms with Gasteiger partial charge in [-0.1, -0.05) is 25.1 Å². The van der Waals surface area contributed by atoms with Gasteiger partial charge in [0.05, 0.1) is 11.1 Å². The van der Waals surface area contributed by atoms with Crippen LogP contribution in [-0.4, -0.2) is 30.0 Å². The Labute approximate surface area is 149 Å². The number of hydrogen-bond donors (Lipinski definition) is 2. The van der Waals surface area contributed by atoms with Gasteiger partial charge in [0, 0.05) is 17.1 Å². The Balaban J connectivity index is 0.00000132. The van der Waals surface area contributed by atoms with E-state index in [0.717, 1.165) is 41.7 Å². The molecule has 126 valence electrons. The molecule has 1 aromatic carbocycles. The highest BCUT2D eigenvalue weighted by Gasteiger charge is 2.23. The van der Waals surface area contributed by atoms with Gasteiger partial charge in [0.2, 0.25) is 0 Å². The average Bonchev–Trinajstić information content (AvgIpc) is 2.48. The molecule has 2 N–H and O–H groups in total. The highest BCUT2D eigenvalue weighted by Crippen LogP contribution is 2.19. The van der Waals surface area contributed by atoms with Crippen molar-refractivity contribution < 1.29 is 4.79 Å². The highest BCUT2D eigenvalue weighted by molar-refractivity contribution is 6.06. The lowest BCUT2D eigenvalue weighted by atomic mass is 9.94. The number of carbonyl (C=O) groups is 1. The minimum absolute atomic E-state index is 0. The molecule has 0 radical (unpaired) electrons. The van der Waals surface area contributed by atoms with Crippen LogP contribution in [0.4, 0.5) is 0 Å². The van der Waals surface area contributed by atoms with E-state index in [1.807, 2.05) is 37.3 Å². The third-order valence-electron chi connectivity index (χ3n) is 4.19. The Kier molecular flexibility index (Phi) is 7.26. The minimum atomic E-state index is 0. The summed E-state index contributed by atoms with van der Waals surface area (Å²) < 4.78 is 0. The predicted molar refractivity (Wildman–Crippen MR) is 98.9 cm³/mol. The quantitative estimate of drug-likeness (QED) is 0.869. The standard InChI is InChI=1S/C17H21N3O.2ClH/c1-11-10-18-8-7-15(11)20-17(21)14-9-12(2)19-16-6-4-3-5-13(14)16;;/h3-6,9,11,15,18H,7-8,10H2,1-2H3,(H,20,21);2*1H. The van der Waals surface area contributed by atoms with Crippen LogP contribution in [0.1, 0.15) is 29.4 Å². The molecule has 1 aromatic heterocycles. The summed E-state index contributed by atoms with van der Waals surface area (Å²) in [6.45, 7) is 6.02. The summed E-state index contributed by atoms with van der Waals surface area (Å²) in [7, 11) is 0. The normalized spacial score (nSPS) is 20.3. The molecule has 4 nitrogen and oxygen atoms in total. The number of amides is 1. The van der Waals surface area contributed by atoms with Gasteiger partial charge in [-0.3, -0.25) is 9.78 Å². The number of aryl methyl sites for hydroxylation is 1. The Morgan fingerprint density at radius 2 is 2.04 bits per heavy atom. The van der Waals surface area contributed by atoms with Gasteiger partial charge in [-0.05, 0) is 44.5 Å². The molecule has 0 bridgehead atoms. The SMILES string of the molecule is Cc1cc(C(=O)NC2CCNCC2C)c2ccccc2n1.Cl.Cl. The Bertz CT molecular complexity index is 678. The van der Waals surface area contributed by atoms with E-state index in [1.165, 1.54) is 0 Å². The zero-order valence-corrected chi connectivity index (χ0v) is 15.0. The van der Waals surface area contributed by atoms with E-state index in [1.54, 1.807) is 0 Å². The summed E-state index contributed by atoms with van der Waals surface area (Å²) in [4.78, 5) is 17.2. The maximum atomic E-state index is 12.7. The number of rotatable bonds is 2. The minimum Gasteiger partial charge on any atom is -0.349 e. The van der Waals surface area contributed by atoms with Gasteiger partial charge in [-0.2, -0.15) is 0 Å². The number of aromatic nitrogens is 1. The zero-order chi connectivity index (χ0) is 14.8. The fraction of sp³-hybridized carbons (Fsp3) is 0.412. The third-order valence-corrected chi connectivity index (χ3v) is 4.19. The molecule has 6 heteroatoms. The molecule has 0 saturated carbocycles. The van der Waals surface area contributed by atoms with Crippen molar-refractivity contribution in [2.24, 2.45) is 5.92 Å². The topological polar surface area (TPSA) is 54.0 Å². The molecule has 0 spiro atoms. The van der Waals surface area contributed by atoms with Crippen molar-refractivity contribution in [2.45, 2.75) is 26.3 Å². The number of hydrogen-bond acceptors (Lipinski definition) is 3. The first kappa shape index (κ1) is 19.7. The summed E-state index contributed by atoms with van der Waals surface area (Å²) in [5, 5.41) is 7.47. The van der Waals surface area contributed by atoms with Crippen molar-refractivity contribution in [1.29, 1.82) is 0 Å². The lowest BCUT2D eigenvalue weighted by Crippen LogP contribution is -2.48. The van der Waals surface area contributed by atoms with E-state index in [0.29, 0.717) is 5.92 Å². The van der Waals surface area contributed by atoms with Crippen LogP contribution in [0.3, 0.4) is 0 Å². The van der Waals surface area contributed by atoms with E-state index in [-0.39, 0.29) is 36.8 Å². The summed E-state index contributed by atoms with van der Waals surface area (Å²) in [6.07, 6.45) is 0.981. The second-order valence-electron chi connectivity index (χ2n) is 5.88. The van der Waals surface area contributed by atoms with E-state index in [2.05, 4.69) is 22.5 Å². The number of pyridine rings is 1. The first-order chi connectivity index (χ1) is 10.1. The maximum absolute atomic E-state index is 12.7. The molecule has 3 rings (SSSR count). The summed E-state index contributed by atoms with van der Waals surface area (Å²) in [6, 6.07) is 9.93. The molecule has 0 aliphatic carbocycles. The lowest BCUT2D eigenvalue weighted by Gasteiger charge is -2.30. The molecular formula is C17H23Cl2N3O. The fourth-order valence-corrected chi connectivity index (χ4v) is 2.97. The Hall–Kier alpha value is -1.36. The van der Waals surface area contributed by atoms with Gasteiger partial charge in [-0.25, -0.2) is 0 Å². The molecule has 2 atom stereocenters. The zero-order valence-electron chi connectivity index (χ0n) is 13.3. The number of para-hydroxylation sites is 1. The number of carbonyl (C=O) groups excluding carboxylic acids is 1. The van der Waals surface area contributed by atoms with Crippen LogP contribution < -0.4 is 10.6 Å². The molecule has 1 aliphatic heterocycles. The van der Waals surface area contributed by atoms with E-state index < -0.39 is 0 Å². The smallest absolute Gasteiger partial charge is 0.252 e. The largest absolute Gasteiger partial charge is 0.349 e. The van der Waals surface area contributed by atoms with E-state index in [4.69, 9.17) is 0 Å². The monoisotopic (exact) mass is 355 g/mol. The van der Waals surface area contributed by atoms with E-state index in [9.17, 15) is 4.79 Å². The van der Waals surface area contributed by atoms with Crippen LogP contribution in [0.5, 0.6) is 0 Å². The second kappa shape index (κ2) is 8.48. The highest BCUT2D eigenvalue weighted by atomic mass is 35.5. The number of piperidine rings is 1. The number of nitrogens with zero attached hydrogens (tertiary/aromatic N) is 1. The van der Waals surface area contributed by atoms with Gasteiger partial charge in [0.25, 0.3) is 5.91 Å². The van der Waals surface area contributed by atoms with Gasteiger partial charge >= 0.3 is 0 Å². The fourth-order valence-electron chi connectivity index (χ4n) is 2.97. The summed E-state index contributed by atoms with van der Waals surface area (Å²) in [5.74, 6) is 0.465. The third kappa shape index (κ3) is 4.34. The summed E-state index contributed by atoms with van der Waals surface area (Å²) in [5.41, 5.74) is 2.47. The molecule has 2 unspecified atom stereocenters. The maximum Gasteiger partial charge on any atom is 0.252 e.